The van der Waals surface area contributed by atoms with Crippen LogP contribution in [0.2, 0.25) is 0 Å². The van der Waals surface area contributed by atoms with E-state index in [4.69, 9.17) is 5.73 Å². The molecule has 4 rings (SSSR count). The lowest BCUT2D eigenvalue weighted by Gasteiger charge is -2.28. The number of rotatable bonds is 5. The van der Waals surface area contributed by atoms with Crippen LogP contribution < -0.4 is 11.1 Å². The van der Waals surface area contributed by atoms with Gasteiger partial charge in [0.1, 0.15) is 4.70 Å². The minimum atomic E-state index is -0.879. The summed E-state index contributed by atoms with van der Waals surface area (Å²) in [5, 5.41) is 14.3. The van der Waals surface area contributed by atoms with Crippen LogP contribution in [0.4, 0.5) is 19.7 Å². The zero-order chi connectivity index (χ0) is 19.7. The van der Waals surface area contributed by atoms with Crippen LogP contribution in [0, 0.1) is 11.6 Å². The number of fused-ring (bicyclic) bond motifs is 1. The lowest BCUT2D eigenvalue weighted by Crippen LogP contribution is -2.36. The molecule has 6 nitrogen and oxygen atoms in total. The van der Waals surface area contributed by atoms with Crippen LogP contribution in [0.15, 0.2) is 23.4 Å². The smallest absolute Gasteiger partial charge is 0.191 e. The Kier molecular flexibility index (Phi) is 5.61. The fourth-order valence-corrected chi connectivity index (χ4v) is 4.78. The van der Waals surface area contributed by atoms with Crippen molar-refractivity contribution in [3.05, 3.63) is 35.4 Å². The molecule has 2 aromatic heterocycles. The average molecular weight is 424 g/mol. The fraction of sp³-hybridized carbons (Fsp3) is 0.389. The summed E-state index contributed by atoms with van der Waals surface area (Å²) in [5.74, 6) is -0.999. The third kappa shape index (κ3) is 4.03. The normalized spacial score (nSPS) is 19.8. The first-order valence-electron chi connectivity index (χ1n) is 8.95. The number of nitrogens with one attached hydrogen (secondary N) is 1. The van der Waals surface area contributed by atoms with Crippen molar-refractivity contribution in [3.63, 3.8) is 0 Å². The van der Waals surface area contributed by atoms with E-state index in [1.54, 1.807) is 0 Å². The third-order valence-electron chi connectivity index (χ3n) is 4.69. The van der Waals surface area contributed by atoms with Gasteiger partial charge in [0.25, 0.3) is 0 Å². The highest BCUT2D eigenvalue weighted by molar-refractivity contribution is 7.98. The molecule has 1 aliphatic carbocycles. The van der Waals surface area contributed by atoms with Gasteiger partial charge in [0.15, 0.2) is 33.4 Å². The predicted octanol–water partition coefficient (Wildman–Crippen LogP) is 3.95. The van der Waals surface area contributed by atoms with E-state index in [1.807, 2.05) is 0 Å². The summed E-state index contributed by atoms with van der Waals surface area (Å²) in [7, 11) is 0. The van der Waals surface area contributed by atoms with E-state index >= 15 is 0 Å². The number of nitrogens with zero attached hydrogens (tertiary/aromatic N) is 3. The van der Waals surface area contributed by atoms with Crippen molar-refractivity contribution in [1.82, 2.24) is 15.0 Å². The molecule has 1 aliphatic rings. The molecule has 4 N–H and O–H groups in total. The number of anilines is 2. The van der Waals surface area contributed by atoms with Crippen molar-refractivity contribution in [2.24, 2.45) is 0 Å². The molecule has 2 heterocycles. The summed E-state index contributed by atoms with van der Waals surface area (Å²) in [6.45, 7) is 0. The molecule has 28 heavy (non-hydrogen) atoms. The molecule has 0 spiro atoms. The highest BCUT2D eigenvalue weighted by Crippen LogP contribution is 2.33. The summed E-state index contributed by atoms with van der Waals surface area (Å²) < 4.78 is 28.0. The molecule has 0 aliphatic heterocycles. The molecule has 10 heteroatoms. The van der Waals surface area contributed by atoms with Gasteiger partial charge >= 0.3 is 0 Å². The first-order chi connectivity index (χ1) is 13.5. The van der Waals surface area contributed by atoms with Crippen molar-refractivity contribution in [2.75, 3.05) is 11.1 Å². The van der Waals surface area contributed by atoms with Crippen LogP contribution in [0.5, 0.6) is 0 Å². The van der Waals surface area contributed by atoms with Crippen LogP contribution in [0.1, 0.15) is 31.2 Å². The average Bonchev–Trinajstić information content (AvgIpc) is 3.05. The number of thiazole rings is 1. The lowest BCUT2D eigenvalue weighted by molar-refractivity contribution is 0.116. The molecule has 148 valence electrons. The Balaban J connectivity index is 1.61. The van der Waals surface area contributed by atoms with Gasteiger partial charge in [0, 0.05) is 11.3 Å². The number of nitrogens with two attached hydrogens (primary N) is 1. The van der Waals surface area contributed by atoms with E-state index in [2.05, 4.69) is 20.3 Å². The Bertz CT molecular complexity index is 1000. The number of halogens is 2. The molecule has 1 fully saturated rings. The topological polar surface area (TPSA) is 97.0 Å². The minimum absolute atomic E-state index is 0.103. The number of nitrogen functional groups attached to an aromatic ring is 1. The fourth-order valence-electron chi connectivity index (χ4n) is 3.24. The molecule has 0 unspecified atom stereocenters. The Hall–Kier alpha value is -2.04. The maximum atomic E-state index is 13.9. The van der Waals surface area contributed by atoms with Crippen LogP contribution >= 0.6 is 23.1 Å². The van der Waals surface area contributed by atoms with Crippen LogP contribution in [-0.4, -0.2) is 32.2 Å². The Morgan fingerprint density at radius 1 is 1.21 bits per heavy atom. The Morgan fingerprint density at radius 3 is 2.86 bits per heavy atom. The van der Waals surface area contributed by atoms with E-state index in [9.17, 15) is 13.9 Å². The maximum absolute atomic E-state index is 13.9. The summed E-state index contributed by atoms with van der Waals surface area (Å²) in [5.41, 5.74) is 6.53. The van der Waals surface area contributed by atoms with Crippen LogP contribution in [0.25, 0.3) is 10.3 Å². The van der Waals surface area contributed by atoms with Crippen molar-refractivity contribution in [1.29, 1.82) is 0 Å². The van der Waals surface area contributed by atoms with Gasteiger partial charge in [0.2, 0.25) is 0 Å². The van der Waals surface area contributed by atoms with E-state index < -0.39 is 17.7 Å². The molecule has 0 radical (unpaired) electrons. The molecule has 0 saturated heterocycles. The zero-order valence-electron chi connectivity index (χ0n) is 14.9. The van der Waals surface area contributed by atoms with Gasteiger partial charge in [-0.1, -0.05) is 48.1 Å². The lowest BCUT2D eigenvalue weighted by atomic mass is 9.93. The number of benzene rings is 1. The molecule has 1 saturated carbocycles. The van der Waals surface area contributed by atoms with Crippen molar-refractivity contribution < 1.29 is 13.9 Å². The van der Waals surface area contributed by atoms with Crippen molar-refractivity contribution in [3.8, 4) is 0 Å². The molecular formula is C18H19F2N5OS2. The van der Waals surface area contributed by atoms with Gasteiger partial charge in [-0.15, -0.1) is 0 Å². The summed E-state index contributed by atoms with van der Waals surface area (Å²) in [6.07, 6.45) is 3.19. The van der Waals surface area contributed by atoms with E-state index in [-0.39, 0.29) is 17.4 Å². The first kappa shape index (κ1) is 19.3. The standard InChI is InChI=1S/C18H19F2N5OS2/c19-10-5-3-4-9(13(10)20)8-27-18-24-15(14-16(25-18)23-17(21)28-14)22-11-6-1-2-7-12(11)26/h3-5,11-12,26H,1-2,6-8H2,(H3,21,22,23,24,25)/t11-,12-/m0/s1. The number of hydrogen-bond acceptors (Lipinski definition) is 8. The molecule has 2 atom stereocenters. The van der Waals surface area contributed by atoms with Gasteiger partial charge in [-0.3, -0.25) is 0 Å². The molecule has 3 aromatic rings. The second-order valence-electron chi connectivity index (χ2n) is 6.66. The second-order valence-corrected chi connectivity index (χ2v) is 8.64. The summed E-state index contributed by atoms with van der Waals surface area (Å²) in [6, 6.07) is 3.98. The Labute approximate surface area is 168 Å². The second kappa shape index (κ2) is 8.14. The number of hydrogen-bond donors (Lipinski definition) is 3. The van der Waals surface area contributed by atoms with E-state index in [0.29, 0.717) is 21.8 Å². The van der Waals surface area contributed by atoms with Gasteiger partial charge in [0.05, 0.1) is 12.1 Å². The van der Waals surface area contributed by atoms with E-state index in [0.717, 1.165) is 36.4 Å². The van der Waals surface area contributed by atoms with E-state index in [1.165, 1.54) is 35.2 Å². The SMILES string of the molecule is Nc1nc2nc(SCc3cccc(F)c3F)nc(N[C@H]3CCCC[C@@H]3O)c2s1. The Morgan fingerprint density at radius 2 is 2.04 bits per heavy atom. The first-order valence-corrected chi connectivity index (χ1v) is 10.8. The van der Waals surface area contributed by atoms with Gasteiger partial charge in [-0.05, 0) is 18.9 Å². The number of aliphatic hydroxyl groups excluding tert-OH is 1. The number of aromatic nitrogens is 3. The molecular weight excluding hydrogens is 404 g/mol. The third-order valence-corrected chi connectivity index (χ3v) is 6.47. The van der Waals surface area contributed by atoms with Gasteiger partial charge < -0.3 is 16.2 Å². The monoisotopic (exact) mass is 423 g/mol. The minimum Gasteiger partial charge on any atom is -0.391 e. The van der Waals surface area contributed by atoms with Crippen LogP contribution in [0.3, 0.4) is 0 Å². The highest BCUT2D eigenvalue weighted by Gasteiger charge is 2.25. The maximum Gasteiger partial charge on any atom is 0.191 e. The molecule has 0 amide bonds. The number of thioether (sulfide) groups is 1. The molecule has 1 aromatic carbocycles. The van der Waals surface area contributed by atoms with Crippen LogP contribution in [-0.2, 0) is 5.75 Å². The highest BCUT2D eigenvalue weighted by atomic mass is 32.2. The van der Waals surface area contributed by atoms with Crippen molar-refractivity contribution >= 4 is 44.4 Å². The van der Waals surface area contributed by atoms with Gasteiger partial charge in [-0.2, -0.15) is 0 Å². The molecule has 0 bridgehead atoms. The summed E-state index contributed by atoms with van der Waals surface area (Å²) in [4.78, 5) is 13.2. The summed E-state index contributed by atoms with van der Waals surface area (Å²) >= 11 is 2.46. The predicted molar refractivity (Wildman–Crippen MR) is 107 cm³/mol. The number of aliphatic hydroxyl groups is 1. The van der Waals surface area contributed by atoms with Crippen molar-refractivity contribution in [2.45, 2.75) is 48.7 Å². The quantitative estimate of drug-likeness (QED) is 0.422. The van der Waals surface area contributed by atoms with Gasteiger partial charge in [-0.25, -0.2) is 23.7 Å². The zero-order valence-corrected chi connectivity index (χ0v) is 16.5. The largest absolute Gasteiger partial charge is 0.391 e.